The number of ether oxygens (including phenoxy) is 1. The van der Waals surface area contributed by atoms with Crippen LogP contribution in [0.2, 0.25) is 0 Å². The van der Waals surface area contributed by atoms with Gasteiger partial charge in [-0.3, -0.25) is 14.2 Å². The standard InChI is InChI=1S/C24H22N4O4S2/c1-5-8-32-23(31)20-15(4)26-24(34-20)27-18(29)10-28-12-25-21-19(22(28)30)17(11-33-21)16-7-6-13(2)9-14(16)3/h5-7,9,11-12H,1,8,10H2,2-4H3,(H,26,27,29). The van der Waals surface area contributed by atoms with E-state index in [2.05, 4.69) is 27.9 Å². The molecule has 3 heterocycles. The van der Waals surface area contributed by atoms with E-state index in [-0.39, 0.29) is 23.8 Å². The van der Waals surface area contributed by atoms with E-state index in [0.717, 1.165) is 33.6 Å². The molecule has 4 rings (SSSR count). The molecule has 0 saturated carbocycles. The number of nitrogens with zero attached hydrogens (tertiary/aromatic N) is 3. The maximum Gasteiger partial charge on any atom is 0.350 e. The Hall–Kier alpha value is -3.63. The lowest BCUT2D eigenvalue weighted by atomic mass is 9.99. The molecular formula is C24H22N4O4S2. The van der Waals surface area contributed by atoms with E-state index >= 15 is 0 Å². The molecule has 0 aliphatic heterocycles. The maximum atomic E-state index is 13.3. The molecule has 0 atom stereocenters. The van der Waals surface area contributed by atoms with Crippen molar-refractivity contribution in [2.45, 2.75) is 27.3 Å². The van der Waals surface area contributed by atoms with Crippen molar-refractivity contribution in [2.75, 3.05) is 11.9 Å². The zero-order valence-corrected chi connectivity index (χ0v) is 20.5. The topological polar surface area (TPSA) is 103 Å². The second-order valence-electron chi connectivity index (χ2n) is 7.69. The number of carbonyl (C=O) groups is 2. The van der Waals surface area contributed by atoms with Gasteiger partial charge in [-0.2, -0.15) is 0 Å². The fourth-order valence-electron chi connectivity index (χ4n) is 3.55. The van der Waals surface area contributed by atoms with Crippen LogP contribution in [0.25, 0.3) is 21.3 Å². The minimum Gasteiger partial charge on any atom is -0.457 e. The minimum atomic E-state index is -0.530. The Bertz CT molecular complexity index is 1480. The lowest BCUT2D eigenvalue weighted by Crippen LogP contribution is -2.27. The second-order valence-corrected chi connectivity index (χ2v) is 9.55. The van der Waals surface area contributed by atoms with Crippen molar-refractivity contribution in [3.05, 3.63) is 74.6 Å². The summed E-state index contributed by atoms with van der Waals surface area (Å²) in [5.74, 6) is -0.982. The highest BCUT2D eigenvalue weighted by Gasteiger charge is 2.19. The Kier molecular flexibility index (Phi) is 6.71. The third kappa shape index (κ3) is 4.68. The normalized spacial score (nSPS) is 10.9. The van der Waals surface area contributed by atoms with E-state index in [1.807, 2.05) is 31.4 Å². The molecule has 0 fully saturated rings. The van der Waals surface area contributed by atoms with Crippen molar-refractivity contribution in [1.82, 2.24) is 14.5 Å². The molecular weight excluding hydrogens is 472 g/mol. The number of carbonyl (C=O) groups excluding carboxylic acids is 2. The number of nitrogens with one attached hydrogen (secondary N) is 1. The van der Waals surface area contributed by atoms with E-state index in [1.165, 1.54) is 28.3 Å². The third-order valence-electron chi connectivity index (χ3n) is 5.11. The fourth-order valence-corrected chi connectivity index (χ4v) is 5.32. The summed E-state index contributed by atoms with van der Waals surface area (Å²) < 4.78 is 6.31. The van der Waals surface area contributed by atoms with Gasteiger partial charge in [-0.25, -0.2) is 14.8 Å². The van der Waals surface area contributed by atoms with E-state index in [4.69, 9.17) is 4.74 Å². The molecule has 4 aromatic rings. The predicted octanol–water partition coefficient (Wildman–Crippen LogP) is 4.49. The number of amides is 1. The molecule has 0 radical (unpaired) electrons. The van der Waals surface area contributed by atoms with Gasteiger partial charge in [-0.1, -0.05) is 47.8 Å². The lowest BCUT2D eigenvalue weighted by molar-refractivity contribution is -0.116. The molecule has 0 unspecified atom stereocenters. The highest BCUT2D eigenvalue weighted by Crippen LogP contribution is 2.33. The van der Waals surface area contributed by atoms with Crippen LogP contribution >= 0.6 is 22.7 Å². The summed E-state index contributed by atoms with van der Waals surface area (Å²) in [6, 6.07) is 6.07. The van der Waals surface area contributed by atoms with E-state index in [0.29, 0.717) is 20.8 Å². The highest BCUT2D eigenvalue weighted by atomic mass is 32.1. The molecule has 1 amide bonds. The number of esters is 1. The smallest absolute Gasteiger partial charge is 0.350 e. The largest absolute Gasteiger partial charge is 0.457 e. The van der Waals surface area contributed by atoms with Crippen LogP contribution in [0.4, 0.5) is 5.13 Å². The van der Waals surface area contributed by atoms with Crippen LogP contribution in [-0.2, 0) is 16.1 Å². The molecule has 3 aromatic heterocycles. The van der Waals surface area contributed by atoms with Gasteiger partial charge in [0.25, 0.3) is 5.56 Å². The first-order chi connectivity index (χ1) is 16.3. The predicted molar refractivity (Wildman–Crippen MR) is 135 cm³/mol. The Morgan fingerprint density at radius 3 is 2.76 bits per heavy atom. The molecule has 0 bridgehead atoms. The summed E-state index contributed by atoms with van der Waals surface area (Å²) in [6.45, 7) is 9.04. The molecule has 0 aliphatic carbocycles. The molecule has 34 heavy (non-hydrogen) atoms. The minimum absolute atomic E-state index is 0.0863. The molecule has 0 saturated heterocycles. The number of thiophene rings is 1. The van der Waals surface area contributed by atoms with Crippen LogP contribution in [0.15, 0.2) is 47.4 Å². The number of rotatable bonds is 7. The van der Waals surface area contributed by atoms with Gasteiger partial charge in [0.05, 0.1) is 17.4 Å². The van der Waals surface area contributed by atoms with Crippen molar-refractivity contribution in [3.63, 3.8) is 0 Å². The average molecular weight is 495 g/mol. The monoisotopic (exact) mass is 494 g/mol. The Balaban J connectivity index is 1.58. The molecule has 1 N–H and O–H groups in total. The van der Waals surface area contributed by atoms with Crippen molar-refractivity contribution in [3.8, 4) is 11.1 Å². The van der Waals surface area contributed by atoms with Gasteiger partial charge < -0.3 is 10.1 Å². The third-order valence-corrected chi connectivity index (χ3v) is 7.05. The first-order valence-corrected chi connectivity index (χ1v) is 12.1. The van der Waals surface area contributed by atoms with Crippen LogP contribution in [0.1, 0.15) is 26.5 Å². The number of aryl methyl sites for hydroxylation is 3. The van der Waals surface area contributed by atoms with Gasteiger partial charge in [-0.15, -0.1) is 11.3 Å². The summed E-state index contributed by atoms with van der Waals surface area (Å²) in [4.78, 5) is 47.5. The van der Waals surface area contributed by atoms with Crippen LogP contribution in [0.3, 0.4) is 0 Å². The summed E-state index contributed by atoms with van der Waals surface area (Å²) in [5.41, 5.74) is 4.14. The van der Waals surface area contributed by atoms with Gasteiger partial charge >= 0.3 is 5.97 Å². The van der Waals surface area contributed by atoms with Gasteiger partial charge in [-0.05, 0) is 31.9 Å². The van der Waals surface area contributed by atoms with Crippen molar-refractivity contribution in [1.29, 1.82) is 0 Å². The number of anilines is 1. The summed E-state index contributed by atoms with van der Waals surface area (Å²) in [5, 5.41) is 5.31. The van der Waals surface area contributed by atoms with Crippen molar-refractivity contribution < 1.29 is 14.3 Å². The van der Waals surface area contributed by atoms with Crippen LogP contribution in [0.5, 0.6) is 0 Å². The van der Waals surface area contributed by atoms with Gasteiger partial charge in [0, 0.05) is 10.9 Å². The van der Waals surface area contributed by atoms with Crippen molar-refractivity contribution >= 4 is 49.9 Å². The summed E-state index contributed by atoms with van der Waals surface area (Å²) >= 11 is 2.41. The Morgan fingerprint density at radius 2 is 2.03 bits per heavy atom. The molecule has 174 valence electrons. The zero-order valence-electron chi connectivity index (χ0n) is 18.9. The van der Waals surface area contributed by atoms with E-state index in [9.17, 15) is 14.4 Å². The summed E-state index contributed by atoms with van der Waals surface area (Å²) in [6.07, 6.45) is 2.84. The maximum absolute atomic E-state index is 13.3. The lowest BCUT2D eigenvalue weighted by Gasteiger charge is -2.08. The molecule has 8 nitrogen and oxygen atoms in total. The van der Waals surface area contributed by atoms with Crippen LogP contribution in [-0.4, -0.2) is 33.0 Å². The molecule has 0 spiro atoms. The molecule has 10 heteroatoms. The number of hydrogen-bond acceptors (Lipinski definition) is 8. The number of hydrogen-bond donors (Lipinski definition) is 1. The number of fused-ring (bicyclic) bond motifs is 1. The first-order valence-electron chi connectivity index (χ1n) is 10.4. The number of benzene rings is 1. The highest BCUT2D eigenvalue weighted by molar-refractivity contribution is 7.17. The van der Waals surface area contributed by atoms with Crippen molar-refractivity contribution in [2.24, 2.45) is 0 Å². The summed E-state index contributed by atoms with van der Waals surface area (Å²) in [7, 11) is 0. The number of aromatic nitrogens is 3. The average Bonchev–Trinajstić information content (AvgIpc) is 3.37. The Labute approximate surface area is 203 Å². The van der Waals surface area contributed by atoms with Crippen LogP contribution in [0, 0.1) is 20.8 Å². The van der Waals surface area contributed by atoms with Crippen LogP contribution < -0.4 is 10.9 Å². The van der Waals surface area contributed by atoms with Gasteiger partial charge in [0.15, 0.2) is 5.13 Å². The van der Waals surface area contributed by atoms with E-state index in [1.54, 1.807) is 6.92 Å². The van der Waals surface area contributed by atoms with Gasteiger partial charge in [0.1, 0.15) is 22.9 Å². The second kappa shape index (κ2) is 9.70. The first kappa shape index (κ1) is 23.5. The van der Waals surface area contributed by atoms with Gasteiger partial charge in [0.2, 0.25) is 5.91 Å². The van der Waals surface area contributed by atoms with E-state index < -0.39 is 11.9 Å². The SMILES string of the molecule is C=CCOC(=O)c1sc(NC(=O)Cn2cnc3scc(-c4ccc(C)cc4C)c3c2=O)nc1C. The zero-order chi connectivity index (χ0) is 24.4. The Morgan fingerprint density at radius 1 is 1.24 bits per heavy atom. The quantitative estimate of drug-likeness (QED) is 0.300. The number of thiazole rings is 1. The molecule has 0 aliphatic rings. The fraction of sp³-hybridized carbons (Fsp3) is 0.208. The molecule has 1 aromatic carbocycles.